The highest BCUT2D eigenvalue weighted by Gasteiger charge is 2.24. The van der Waals surface area contributed by atoms with Gasteiger partial charge in [0.15, 0.2) is 6.23 Å². The Bertz CT molecular complexity index is 1050. The van der Waals surface area contributed by atoms with E-state index in [0.29, 0.717) is 5.88 Å². The Morgan fingerprint density at radius 3 is 2.97 bits per heavy atom. The fraction of sp³-hybridized carbons (Fsp3) is 0.500. The molecule has 1 saturated heterocycles. The second kappa shape index (κ2) is 8.57. The van der Waals surface area contributed by atoms with Gasteiger partial charge in [0.2, 0.25) is 5.88 Å². The van der Waals surface area contributed by atoms with E-state index >= 15 is 0 Å². The van der Waals surface area contributed by atoms with Gasteiger partial charge in [-0.3, -0.25) is 4.98 Å². The molecule has 1 aliphatic heterocycles. The molecule has 2 atom stereocenters. The van der Waals surface area contributed by atoms with Gasteiger partial charge in [0.25, 0.3) is 0 Å². The average Bonchev–Trinajstić information content (AvgIpc) is 3.30. The van der Waals surface area contributed by atoms with Crippen molar-refractivity contribution in [3.8, 4) is 17.1 Å². The minimum absolute atomic E-state index is 0.00362. The van der Waals surface area contributed by atoms with Gasteiger partial charge in [-0.05, 0) is 52.3 Å². The van der Waals surface area contributed by atoms with E-state index in [2.05, 4.69) is 23.1 Å². The van der Waals surface area contributed by atoms with E-state index in [4.69, 9.17) is 19.6 Å². The lowest BCUT2D eigenvalue weighted by Gasteiger charge is -2.23. The fourth-order valence-electron chi connectivity index (χ4n) is 4.05. The van der Waals surface area contributed by atoms with E-state index in [1.54, 1.807) is 17.0 Å². The molecule has 1 unspecified atom stereocenters. The first-order valence-corrected chi connectivity index (χ1v) is 10.5. The maximum absolute atomic E-state index is 6.16. The van der Waals surface area contributed by atoms with Crippen molar-refractivity contribution in [2.45, 2.75) is 45.4 Å². The molecule has 4 heterocycles. The molecule has 0 amide bonds. The number of hydrogen-bond donors (Lipinski definition) is 1. The molecule has 1 N–H and O–H groups in total. The van der Waals surface area contributed by atoms with Crippen LogP contribution in [0, 0.1) is 6.92 Å². The minimum atomic E-state index is -0.0546. The largest absolute Gasteiger partial charge is 0.473 e. The summed E-state index contributed by atoms with van der Waals surface area (Å²) in [6, 6.07) is 2.05. The molecule has 0 saturated carbocycles. The first-order valence-electron chi connectivity index (χ1n) is 10.5. The summed E-state index contributed by atoms with van der Waals surface area (Å²) < 4.78 is 15.9. The van der Waals surface area contributed by atoms with E-state index in [1.807, 2.05) is 32.6 Å². The molecule has 8 heteroatoms. The minimum Gasteiger partial charge on any atom is -0.473 e. The smallest absolute Gasteiger partial charge is 0.221 e. The molecule has 0 bridgehead atoms. The van der Waals surface area contributed by atoms with Crippen LogP contribution in [-0.2, 0) is 11.8 Å². The van der Waals surface area contributed by atoms with Gasteiger partial charge in [-0.25, -0.2) is 9.36 Å². The number of likely N-dealkylation sites (N-methyl/N-ethyl adjacent to an activating group) is 1. The Morgan fingerprint density at radius 2 is 2.27 bits per heavy atom. The van der Waals surface area contributed by atoms with Crippen LogP contribution in [0.25, 0.3) is 28.2 Å². The molecule has 0 aromatic carbocycles. The lowest BCUT2D eigenvalue weighted by Crippen LogP contribution is -2.27. The van der Waals surface area contributed by atoms with Gasteiger partial charge in [0.1, 0.15) is 6.10 Å². The second-order valence-electron chi connectivity index (χ2n) is 7.82. The van der Waals surface area contributed by atoms with Crippen molar-refractivity contribution in [1.82, 2.24) is 29.9 Å². The highest BCUT2D eigenvalue weighted by Crippen LogP contribution is 2.35. The molecular formula is C22H30N6O2. The van der Waals surface area contributed by atoms with Gasteiger partial charge < -0.3 is 14.8 Å². The monoisotopic (exact) mass is 410 g/mol. The molecule has 3 aromatic rings. The predicted molar refractivity (Wildman–Crippen MR) is 117 cm³/mol. The zero-order valence-electron chi connectivity index (χ0n) is 18.2. The van der Waals surface area contributed by atoms with E-state index in [-0.39, 0.29) is 12.3 Å². The van der Waals surface area contributed by atoms with E-state index in [0.717, 1.165) is 66.0 Å². The third-order valence-corrected chi connectivity index (χ3v) is 5.47. The number of nitrogens with zero attached hydrogens (tertiary/aromatic N) is 5. The molecule has 160 valence electrons. The van der Waals surface area contributed by atoms with Crippen LogP contribution in [0.5, 0.6) is 5.88 Å². The molecule has 1 fully saturated rings. The number of ether oxygens (including phenoxy) is 2. The van der Waals surface area contributed by atoms with Crippen molar-refractivity contribution >= 4 is 17.0 Å². The second-order valence-corrected chi connectivity index (χ2v) is 7.82. The fourth-order valence-corrected chi connectivity index (χ4v) is 4.05. The van der Waals surface area contributed by atoms with Gasteiger partial charge in [-0.15, -0.1) is 0 Å². The van der Waals surface area contributed by atoms with Crippen molar-refractivity contribution in [3.63, 3.8) is 0 Å². The van der Waals surface area contributed by atoms with Crippen LogP contribution in [0.3, 0.4) is 0 Å². The number of fused-ring (bicyclic) bond motifs is 1. The summed E-state index contributed by atoms with van der Waals surface area (Å²) in [4.78, 5) is 4.90. The maximum atomic E-state index is 6.16. The van der Waals surface area contributed by atoms with Gasteiger partial charge >= 0.3 is 0 Å². The molecule has 1 aliphatic rings. The molecule has 8 nitrogen and oxygen atoms in total. The van der Waals surface area contributed by atoms with Crippen LogP contribution >= 0.6 is 0 Å². The Kier molecular flexibility index (Phi) is 5.87. The van der Waals surface area contributed by atoms with Crippen LogP contribution < -0.4 is 10.1 Å². The van der Waals surface area contributed by atoms with Crippen molar-refractivity contribution in [2.75, 3.05) is 20.2 Å². The van der Waals surface area contributed by atoms with Gasteiger partial charge in [-0.2, -0.15) is 10.2 Å². The number of pyridine rings is 1. The van der Waals surface area contributed by atoms with Crippen molar-refractivity contribution in [3.05, 3.63) is 30.2 Å². The summed E-state index contributed by atoms with van der Waals surface area (Å²) in [6.07, 6.45) is 6.74. The van der Waals surface area contributed by atoms with Crippen LogP contribution in [0.15, 0.2) is 18.8 Å². The van der Waals surface area contributed by atoms with Gasteiger partial charge in [-0.1, -0.05) is 6.58 Å². The third kappa shape index (κ3) is 3.73. The van der Waals surface area contributed by atoms with Crippen LogP contribution in [0.1, 0.15) is 43.8 Å². The highest BCUT2D eigenvalue weighted by molar-refractivity contribution is 5.91. The van der Waals surface area contributed by atoms with Crippen molar-refractivity contribution in [1.29, 1.82) is 0 Å². The SMILES string of the molecule is C=Cc1nn(C2CCCCO2)c2c(C)nc(-c3cnn(C)c3O[C@H](C)CNC)cc12. The summed E-state index contributed by atoms with van der Waals surface area (Å²) in [5.41, 5.74) is 4.40. The average molecular weight is 411 g/mol. The number of aromatic nitrogens is 5. The maximum Gasteiger partial charge on any atom is 0.221 e. The summed E-state index contributed by atoms with van der Waals surface area (Å²) in [5, 5.41) is 13.4. The molecule has 0 radical (unpaired) electrons. The molecule has 0 spiro atoms. The zero-order valence-corrected chi connectivity index (χ0v) is 18.2. The summed E-state index contributed by atoms with van der Waals surface area (Å²) >= 11 is 0. The topological polar surface area (TPSA) is 79.0 Å². The van der Waals surface area contributed by atoms with E-state index < -0.39 is 0 Å². The Hall–Kier alpha value is -2.71. The highest BCUT2D eigenvalue weighted by atomic mass is 16.5. The molecular weight excluding hydrogens is 380 g/mol. The standard InChI is InChI=1S/C22H30N6O2/c1-6-18-16-11-19(17-13-24-27(5)22(17)30-14(2)12-23-4)25-15(3)21(16)28(26-18)20-9-7-8-10-29-20/h6,11,13-14,20,23H,1,7-10,12H2,2-5H3/t14-,20?/m1/s1. The number of aryl methyl sites for hydroxylation is 2. The third-order valence-electron chi connectivity index (χ3n) is 5.47. The normalized spacial score (nSPS) is 17.9. The van der Waals surface area contributed by atoms with Gasteiger partial charge in [0.05, 0.1) is 34.4 Å². The Morgan fingerprint density at radius 1 is 1.43 bits per heavy atom. The summed E-state index contributed by atoms with van der Waals surface area (Å²) in [7, 11) is 3.79. The quantitative estimate of drug-likeness (QED) is 0.643. The van der Waals surface area contributed by atoms with E-state index in [1.165, 1.54) is 0 Å². The first-order chi connectivity index (χ1) is 14.5. The molecule has 30 heavy (non-hydrogen) atoms. The van der Waals surface area contributed by atoms with Crippen LogP contribution in [0.2, 0.25) is 0 Å². The summed E-state index contributed by atoms with van der Waals surface area (Å²) in [6.45, 7) is 9.52. The zero-order chi connectivity index (χ0) is 21.3. The predicted octanol–water partition coefficient (Wildman–Crippen LogP) is 3.47. The van der Waals surface area contributed by atoms with E-state index in [9.17, 15) is 0 Å². The molecule has 3 aromatic heterocycles. The first kappa shape index (κ1) is 20.6. The summed E-state index contributed by atoms with van der Waals surface area (Å²) in [5.74, 6) is 0.701. The lowest BCUT2D eigenvalue weighted by molar-refractivity contribution is -0.0368. The Balaban J connectivity index is 1.80. The Labute approximate surface area is 176 Å². The molecule has 4 rings (SSSR count). The number of rotatable bonds is 7. The van der Waals surface area contributed by atoms with Crippen molar-refractivity contribution in [2.24, 2.45) is 7.05 Å². The number of nitrogens with one attached hydrogen (secondary N) is 1. The van der Waals surface area contributed by atoms with Crippen LogP contribution in [-0.4, -0.2) is 50.8 Å². The van der Waals surface area contributed by atoms with Gasteiger partial charge in [0, 0.05) is 25.6 Å². The number of hydrogen-bond acceptors (Lipinski definition) is 6. The lowest BCUT2D eigenvalue weighted by atomic mass is 10.1. The van der Waals surface area contributed by atoms with Crippen molar-refractivity contribution < 1.29 is 9.47 Å². The van der Waals surface area contributed by atoms with Crippen LogP contribution in [0.4, 0.5) is 0 Å². The molecule has 0 aliphatic carbocycles.